The van der Waals surface area contributed by atoms with Crippen LogP contribution < -0.4 is 9.64 Å². The van der Waals surface area contributed by atoms with E-state index in [1.54, 1.807) is 47.8 Å². The minimum Gasteiger partial charge on any atom is -0.508 e. The van der Waals surface area contributed by atoms with E-state index < -0.39 is 10.0 Å². The van der Waals surface area contributed by atoms with E-state index in [1.165, 1.54) is 11.5 Å². The molecule has 0 amide bonds. The maximum atomic E-state index is 13.1. The van der Waals surface area contributed by atoms with E-state index in [2.05, 4.69) is 14.3 Å². The van der Waals surface area contributed by atoms with Crippen LogP contribution in [-0.4, -0.2) is 60.0 Å². The molecule has 0 spiro atoms. The molecular formula is C21H24N4O4S2. The largest absolute Gasteiger partial charge is 0.508 e. The summed E-state index contributed by atoms with van der Waals surface area (Å²) in [5.41, 5.74) is 1.02. The molecule has 1 atom stereocenters. The Morgan fingerprint density at radius 3 is 2.48 bits per heavy atom. The third kappa shape index (κ3) is 4.65. The number of sulfonamides is 1. The van der Waals surface area contributed by atoms with Crippen molar-refractivity contribution >= 4 is 26.7 Å². The van der Waals surface area contributed by atoms with E-state index in [-0.39, 0.29) is 16.7 Å². The normalized spacial score (nSPS) is 17.6. The zero-order valence-electron chi connectivity index (χ0n) is 17.3. The van der Waals surface area contributed by atoms with Gasteiger partial charge in [-0.2, -0.15) is 8.68 Å². The number of nitrogens with zero attached hydrogens (tertiary/aromatic N) is 4. The van der Waals surface area contributed by atoms with Crippen LogP contribution in [0, 0.1) is 0 Å². The number of aromatic nitrogens is 2. The van der Waals surface area contributed by atoms with Crippen LogP contribution in [0.3, 0.4) is 0 Å². The Labute approximate surface area is 186 Å². The maximum absolute atomic E-state index is 13.1. The van der Waals surface area contributed by atoms with Crippen molar-refractivity contribution in [3.8, 4) is 11.5 Å². The van der Waals surface area contributed by atoms with E-state index in [0.717, 1.165) is 10.7 Å². The standard InChI is InChI=1S/C21H24N4O4S2/c1-15-14-24(21-22-20(23-30-21)13-16-3-5-17(26)6-4-16)11-12-25(15)31(27,28)19-9-7-18(29-2)8-10-19/h3-10,15,26H,11-14H2,1-2H3. The predicted molar refractivity (Wildman–Crippen MR) is 119 cm³/mol. The zero-order chi connectivity index (χ0) is 22.0. The number of benzene rings is 2. The molecule has 0 saturated carbocycles. The molecule has 0 bridgehead atoms. The fourth-order valence-corrected chi connectivity index (χ4v) is 5.93. The zero-order valence-corrected chi connectivity index (χ0v) is 18.9. The van der Waals surface area contributed by atoms with Gasteiger partial charge in [0.05, 0.1) is 12.0 Å². The minimum atomic E-state index is -3.58. The summed E-state index contributed by atoms with van der Waals surface area (Å²) in [7, 11) is -2.03. The van der Waals surface area contributed by atoms with Gasteiger partial charge in [-0.1, -0.05) is 12.1 Å². The number of hydrogen-bond acceptors (Lipinski definition) is 8. The van der Waals surface area contributed by atoms with Crippen molar-refractivity contribution < 1.29 is 18.3 Å². The molecule has 1 fully saturated rings. The lowest BCUT2D eigenvalue weighted by atomic mass is 10.1. The number of hydrogen-bond donors (Lipinski definition) is 1. The predicted octanol–water partition coefficient (Wildman–Crippen LogP) is 2.74. The molecule has 2 aromatic carbocycles. The summed E-state index contributed by atoms with van der Waals surface area (Å²) < 4.78 is 37.3. The molecule has 1 aromatic heterocycles. The number of rotatable bonds is 6. The smallest absolute Gasteiger partial charge is 0.243 e. The molecule has 8 nitrogen and oxygen atoms in total. The summed E-state index contributed by atoms with van der Waals surface area (Å²) in [6.45, 7) is 3.38. The van der Waals surface area contributed by atoms with Crippen LogP contribution in [-0.2, 0) is 16.4 Å². The average molecular weight is 461 g/mol. The van der Waals surface area contributed by atoms with Crippen molar-refractivity contribution in [2.75, 3.05) is 31.6 Å². The fraction of sp³-hybridized carbons (Fsp3) is 0.333. The second kappa shape index (κ2) is 8.81. The van der Waals surface area contributed by atoms with E-state index >= 15 is 0 Å². The third-order valence-corrected chi connectivity index (χ3v) is 8.10. The topological polar surface area (TPSA) is 95.9 Å². The molecule has 1 aliphatic heterocycles. The van der Waals surface area contributed by atoms with E-state index in [4.69, 9.17) is 4.74 Å². The molecule has 1 N–H and O–H groups in total. The van der Waals surface area contributed by atoms with Crippen molar-refractivity contribution in [1.82, 2.24) is 13.7 Å². The minimum absolute atomic E-state index is 0.203. The van der Waals surface area contributed by atoms with E-state index in [0.29, 0.717) is 37.6 Å². The van der Waals surface area contributed by atoms with Gasteiger partial charge in [-0.3, -0.25) is 0 Å². The number of phenolic OH excluding ortho intramolecular Hbond substituents is 1. The number of anilines is 1. The first kappa shape index (κ1) is 21.5. The van der Waals surface area contributed by atoms with Crippen LogP contribution in [0.15, 0.2) is 53.4 Å². The van der Waals surface area contributed by atoms with Gasteiger partial charge in [0.1, 0.15) is 17.3 Å². The average Bonchev–Trinajstić information content (AvgIpc) is 3.23. The molecule has 10 heteroatoms. The summed E-state index contributed by atoms with van der Waals surface area (Å²) >= 11 is 1.32. The Balaban J connectivity index is 1.43. The molecule has 164 valence electrons. The number of phenols is 1. The monoisotopic (exact) mass is 460 g/mol. The second-order valence-electron chi connectivity index (χ2n) is 7.42. The molecular weight excluding hydrogens is 436 g/mol. The Kier molecular flexibility index (Phi) is 6.12. The number of aromatic hydroxyl groups is 1. The lowest BCUT2D eigenvalue weighted by Gasteiger charge is -2.38. The molecule has 3 aromatic rings. The van der Waals surface area contributed by atoms with Gasteiger partial charge in [0.2, 0.25) is 15.2 Å². The second-order valence-corrected chi connectivity index (χ2v) is 10.0. The lowest BCUT2D eigenvalue weighted by molar-refractivity contribution is 0.306. The van der Waals surface area contributed by atoms with Crippen molar-refractivity contribution in [1.29, 1.82) is 0 Å². The van der Waals surface area contributed by atoms with Crippen LogP contribution in [0.5, 0.6) is 11.5 Å². The number of methoxy groups -OCH3 is 1. The summed E-state index contributed by atoms with van der Waals surface area (Å²) in [5, 5.41) is 10.2. The van der Waals surface area contributed by atoms with Gasteiger partial charge in [-0.05, 0) is 48.9 Å². The Bertz CT molecular complexity index is 1130. The summed E-state index contributed by atoms with van der Waals surface area (Å²) in [6, 6.07) is 13.3. The lowest BCUT2D eigenvalue weighted by Crippen LogP contribution is -2.54. The van der Waals surface area contributed by atoms with Gasteiger partial charge < -0.3 is 14.7 Å². The van der Waals surface area contributed by atoms with Crippen molar-refractivity contribution in [3.63, 3.8) is 0 Å². The van der Waals surface area contributed by atoms with E-state index in [9.17, 15) is 13.5 Å². The SMILES string of the molecule is COc1ccc(S(=O)(=O)N2CCN(c3nc(Cc4ccc(O)cc4)ns3)CC2C)cc1. The maximum Gasteiger partial charge on any atom is 0.243 e. The molecule has 31 heavy (non-hydrogen) atoms. The molecule has 1 saturated heterocycles. The highest BCUT2D eigenvalue weighted by Crippen LogP contribution is 2.27. The van der Waals surface area contributed by atoms with Crippen molar-refractivity contribution in [2.24, 2.45) is 0 Å². The molecule has 2 heterocycles. The van der Waals surface area contributed by atoms with Crippen molar-refractivity contribution in [3.05, 3.63) is 59.9 Å². The first-order valence-corrected chi connectivity index (χ1v) is 12.1. The molecule has 1 aliphatic rings. The van der Waals surface area contributed by atoms with Crippen molar-refractivity contribution in [2.45, 2.75) is 24.3 Å². The van der Waals surface area contributed by atoms with E-state index in [1.807, 2.05) is 19.1 Å². The highest BCUT2D eigenvalue weighted by molar-refractivity contribution is 7.89. The van der Waals surface area contributed by atoms with Gasteiger partial charge in [0.15, 0.2) is 0 Å². The van der Waals surface area contributed by atoms with Gasteiger partial charge >= 0.3 is 0 Å². The highest BCUT2D eigenvalue weighted by Gasteiger charge is 2.34. The highest BCUT2D eigenvalue weighted by atomic mass is 32.2. The Morgan fingerprint density at radius 1 is 1.13 bits per heavy atom. The van der Waals surface area contributed by atoms with Crippen LogP contribution in [0.4, 0.5) is 5.13 Å². The van der Waals surface area contributed by atoms with Gasteiger partial charge in [-0.15, -0.1) is 0 Å². The summed E-state index contributed by atoms with van der Waals surface area (Å²) in [6.07, 6.45) is 0.581. The van der Waals surface area contributed by atoms with Crippen LogP contribution in [0.25, 0.3) is 0 Å². The third-order valence-electron chi connectivity index (χ3n) is 5.26. The molecule has 4 rings (SSSR count). The molecule has 0 aliphatic carbocycles. The number of ether oxygens (including phenoxy) is 1. The Hall–Kier alpha value is -2.69. The number of piperazine rings is 1. The molecule has 1 unspecified atom stereocenters. The van der Waals surface area contributed by atoms with Gasteiger partial charge in [-0.25, -0.2) is 13.4 Å². The van der Waals surface area contributed by atoms with Crippen LogP contribution >= 0.6 is 11.5 Å². The summed E-state index contributed by atoms with van der Waals surface area (Å²) in [5.74, 6) is 1.56. The quantitative estimate of drug-likeness (QED) is 0.604. The fourth-order valence-electron chi connectivity index (χ4n) is 3.60. The molecule has 0 radical (unpaired) electrons. The first-order valence-electron chi connectivity index (χ1n) is 9.88. The summed E-state index contributed by atoms with van der Waals surface area (Å²) in [4.78, 5) is 6.99. The van der Waals surface area contributed by atoms with Gasteiger partial charge in [0.25, 0.3) is 0 Å². The van der Waals surface area contributed by atoms with Gasteiger partial charge in [0, 0.05) is 43.6 Å². The van der Waals surface area contributed by atoms with Crippen LogP contribution in [0.2, 0.25) is 0 Å². The first-order chi connectivity index (χ1) is 14.9. The Morgan fingerprint density at radius 2 is 1.84 bits per heavy atom. The van der Waals surface area contributed by atoms with Crippen LogP contribution in [0.1, 0.15) is 18.3 Å².